The fourth-order valence-corrected chi connectivity index (χ4v) is 4.80. The summed E-state index contributed by atoms with van der Waals surface area (Å²) in [7, 11) is 0. The van der Waals surface area contributed by atoms with E-state index >= 15 is 0 Å². The first kappa shape index (κ1) is 22.2. The fraction of sp³-hybridized carbons (Fsp3) is 0.950. The van der Waals surface area contributed by atoms with E-state index in [1.54, 1.807) is 0 Å². The fourth-order valence-electron chi connectivity index (χ4n) is 4.80. The van der Waals surface area contributed by atoms with E-state index in [0.29, 0.717) is 10.8 Å². The van der Waals surface area contributed by atoms with Crippen molar-refractivity contribution in [2.45, 2.75) is 58.8 Å². The van der Waals surface area contributed by atoms with Crippen molar-refractivity contribution in [1.82, 2.24) is 10.2 Å². The van der Waals surface area contributed by atoms with Crippen LogP contribution in [0, 0.1) is 10.8 Å². The van der Waals surface area contributed by atoms with Crippen LogP contribution in [0.15, 0.2) is 4.99 Å². The van der Waals surface area contributed by atoms with E-state index < -0.39 is 0 Å². The highest BCUT2D eigenvalue weighted by molar-refractivity contribution is 14.0. The minimum atomic E-state index is 0. The Morgan fingerprint density at radius 1 is 1.19 bits per heavy atom. The van der Waals surface area contributed by atoms with Crippen molar-refractivity contribution < 1.29 is 9.47 Å². The number of nitrogens with one attached hydrogen (secondary N) is 1. The topological polar surface area (TPSA) is 46.1 Å². The maximum absolute atomic E-state index is 5.68. The van der Waals surface area contributed by atoms with Gasteiger partial charge in [-0.05, 0) is 51.4 Å². The molecular formula is C20H38IN3O2. The Morgan fingerprint density at radius 3 is 2.65 bits per heavy atom. The van der Waals surface area contributed by atoms with E-state index in [4.69, 9.17) is 14.5 Å². The number of hydrogen-bond donors (Lipinski definition) is 1. The van der Waals surface area contributed by atoms with Crippen LogP contribution in [-0.4, -0.2) is 63.5 Å². The second-order valence-electron chi connectivity index (χ2n) is 8.30. The van der Waals surface area contributed by atoms with E-state index in [2.05, 4.69) is 24.1 Å². The molecule has 0 aromatic carbocycles. The molecule has 0 radical (unpaired) electrons. The van der Waals surface area contributed by atoms with Gasteiger partial charge in [0.2, 0.25) is 0 Å². The lowest BCUT2D eigenvalue weighted by Gasteiger charge is -2.29. The number of likely N-dealkylation sites (tertiary alicyclic amines) is 1. The lowest BCUT2D eigenvalue weighted by atomic mass is 9.83. The van der Waals surface area contributed by atoms with E-state index in [1.807, 2.05) is 0 Å². The second kappa shape index (κ2) is 10.5. The van der Waals surface area contributed by atoms with E-state index in [-0.39, 0.29) is 24.0 Å². The number of guanidine groups is 1. The molecule has 6 heteroatoms. The third-order valence-corrected chi connectivity index (χ3v) is 6.47. The maximum atomic E-state index is 5.68. The van der Waals surface area contributed by atoms with Crippen LogP contribution in [-0.2, 0) is 9.47 Å². The predicted molar refractivity (Wildman–Crippen MR) is 117 cm³/mol. The van der Waals surface area contributed by atoms with Gasteiger partial charge in [-0.15, -0.1) is 24.0 Å². The van der Waals surface area contributed by atoms with Gasteiger partial charge in [0.05, 0.1) is 6.61 Å². The molecule has 3 aliphatic rings. The van der Waals surface area contributed by atoms with Crippen LogP contribution < -0.4 is 5.32 Å². The smallest absolute Gasteiger partial charge is 0.193 e. The molecule has 2 saturated heterocycles. The summed E-state index contributed by atoms with van der Waals surface area (Å²) in [5, 5.41) is 3.54. The summed E-state index contributed by atoms with van der Waals surface area (Å²) in [6, 6.07) is 0. The van der Waals surface area contributed by atoms with Crippen molar-refractivity contribution in [1.29, 1.82) is 0 Å². The lowest BCUT2D eigenvalue weighted by Crippen LogP contribution is -2.42. The first-order valence-electron chi connectivity index (χ1n) is 10.4. The van der Waals surface area contributed by atoms with Gasteiger partial charge >= 0.3 is 0 Å². The Balaban J connectivity index is 0.00000243. The highest BCUT2D eigenvalue weighted by atomic mass is 127. The summed E-state index contributed by atoms with van der Waals surface area (Å²) in [5.41, 5.74) is 0.750. The first-order chi connectivity index (χ1) is 12.2. The molecule has 1 saturated carbocycles. The van der Waals surface area contributed by atoms with Gasteiger partial charge in [-0.3, -0.25) is 4.99 Å². The van der Waals surface area contributed by atoms with Crippen LogP contribution in [0.2, 0.25) is 0 Å². The molecule has 0 bridgehead atoms. The minimum Gasteiger partial charge on any atom is -0.382 e. The van der Waals surface area contributed by atoms with Crippen molar-refractivity contribution in [3.05, 3.63) is 0 Å². The molecule has 3 fully saturated rings. The standard InChI is InChI=1S/C20H37N3O2.HI/c1-3-21-18(23-12-9-20(16-23)11-14-25-17-20)22-15-19(7-5-6-8-19)10-13-24-4-2;/h3-17H2,1-2H3,(H,21,22);1H. The van der Waals surface area contributed by atoms with E-state index in [9.17, 15) is 0 Å². The molecule has 5 nitrogen and oxygen atoms in total. The summed E-state index contributed by atoms with van der Waals surface area (Å²) in [6.45, 7) is 11.9. The Morgan fingerprint density at radius 2 is 2.00 bits per heavy atom. The molecule has 26 heavy (non-hydrogen) atoms. The van der Waals surface area contributed by atoms with E-state index in [1.165, 1.54) is 38.5 Å². The zero-order valence-electron chi connectivity index (χ0n) is 16.7. The zero-order chi connectivity index (χ0) is 17.6. The molecule has 1 aliphatic carbocycles. The number of halogens is 1. The largest absolute Gasteiger partial charge is 0.382 e. The van der Waals surface area contributed by atoms with Gasteiger partial charge in [0.25, 0.3) is 0 Å². The van der Waals surface area contributed by atoms with E-state index in [0.717, 1.165) is 65.0 Å². The SMILES string of the molecule is CCNC(=NCC1(CCOCC)CCCC1)N1CCC2(CCOC2)C1.I. The van der Waals surface area contributed by atoms with Crippen LogP contribution in [0.1, 0.15) is 58.8 Å². The van der Waals surface area contributed by atoms with Gasteiger partial charge in [-0.2, -0.15) is 0 Å². The average molecular weight is 479 g/mol. The number of nitrogens with zero attached hydrogens (tertiary/aromatic N) is 2. The molecule has 2 aliphatic heterocycles. The quantitative estimate of drug-likeness (QED) is 0.262. The molecule has 0 aromatic rings. The molecule has 152 valence electrons. The average Bonchev–Trinajstić information content (AvgIpc) is 3.35. The molecule has 0 amide bonds. The van der Waals surface area contributed by atoms with Crippen LogP contribution in [0.3, 0.4) is 0 Å². The molecule has 1 atom stereocenters. The van der Waals surface area contributed by atoms with Crippen molar-refractivity contribution in [3.8, 4) is 0 Å². The summed E-state index contributed by atoms with van der Waals surface area (Å²) in [4.78, 5) is 7.59. The third kappa shape index (κ3) is 5.47. The molecule has 1 unspecified atom stereocenters. The maximum Gasteiger partial charge on any atom is 0.193 e. The van der Waals surface area contributed by atoms with Crippen molar-refractivity contribution in [2.75, 3.05) is 52.6 Å². The summed E-state index contributed by atoms with van der Waals surface area (Å²) in [5.74, 6) is 1.12. The zero-order valence-corrected chi connectivity index (χ0v) is 19.1. The lowest BCUT2D eigenvalue weighted by molar-refractivity contribution is 0.107. The van der Waals surface area contributed by atoms with Gasteiger partial charge in [0, 0.05) is 51.4 Å². The third-order valence-electron chi connectivity index (χ3n) is 6.47. The first-order valence-corrected chi connectivity index (χ1v) is 10.4. The van der Waals surface area contributed by atoms with Gasteiger partial charge in [-0.25, -0.2) is 0 Å². The second-order valence-corrected chi connectivity index (χ2v) is 8.30. The molecular weight excluding hydrogens is 441 g/mol. The van der Waals surface area contributed by atoms with Gasteiger partial charge in [0.1, 0.15) is 0 Å². The number of ether oxygens (including phenoxy) is 2. The van der Waals surface area contributed by atoms with Crippen LogP contribution in [0.4, 0.5) is 0 Å². The summed E-state index contributed by atoms with van der Waals surface area (Å²) in [6.07, 6.45) is 8.92. The normalized spacial score (nSPS) is 27.9. The summed E-state index contributed by atoms with van der Waals surface area (Å²) >= 11 is 0. The van der Waals surface area contributed by atoms with Gasteiger partial charge in [0.15, 0.2) is 5.96 Å². The highest BCUT2D eigenvalue weighted by Gasteiger charge is 2.42. The Hall–Kier alpha value is -0.0800. The predicted octanol–water partition coefficient (Wildman–Crippen LogP) is 3.67. The number of hydrogen-bond acceptors (Lipinski definition) is 3. The minimum absolute atomic E-state index is 0. The molecule has 2 heterocycles. The Labute approximate surface area is 176 Å². The monoisotopic (exact) mass is 479 g/mol. The summed E-state index contributed by atoms with van der Waals surface area (Å²) < 4.78 is 11.3. The number of rotatable bonds is 7. The van der Waals surface area contributed by atoms with Crippen LogP contribution in [0.5, 0.6) is 0 Å². The molecule has 3 rings (SSSR count). The van der Waals surface area contributed by atoms with Crippen LogP contribution in [0.25, 0.3) is 0 Å². The van der Waals surface area contributed by atoms with Gasteiger partial charge in [-0.1, -0.05) is 12.8 Å². The molecule has 1 N–H and O–H groups in total. The van der Waals surface area contributed by atoms with Crippen molar-refractivity contribution >= 4 is 29.9 Å². The molecule has 0 aromatic heterocycles. The Kier molecular flexibility index (Phi) is 8.94. The Bertz CT molecular complexity index is 446. The molecule has 1 spiro atoms. The van der Waals surface area contributed by atoms with Crippen molar-refractivity contribution in [3.63, 3.8) is 0 Å². The highest BCUT2D eigenvalue weighted by Crippen LogP contribution is 2.42. The van der Waals surface area contributed by atoms with Gasteiger partial charge < -0.3 is 19.7 Å². The van der Waals surface area contributed by atoms with Crippen LogP contribution >= 0.6 is 24.0 Å². The van der Waals surface area contributed by atoms with Crippen molar-refractivity contribution in [2.24, 2.45) is 15.8 Å². The number of aliphatic imine (C=N–C) groups is 1.